The molecule has 1 aromatic heterocycles. The van der Waals surface area contributed by atoms with Gasteiger partial charge in [0.1, 0.15) is 5.70 Å². The molecule has 0 aliphatic carbocycles. The maximum absolute atomic E-state index is 13.1. The number of halogens is 3. The minimum atomic E-state index is -4.96. The van der Waals surface area contributed by atoms with E-state index in [-0.39, 0.29) is 36.8 Å². The summed E-state index contributed by atoms with van der Waals surface area (Å²) in [6.07, 6.45) is -4.24. The normalized spacial score (nSPS) is 12.0. The van der Waals surface area contributed by atoms with Crippen molar-refractivity contribution in [2.24, 2.45) is 10.7 Å². The van der Waals surface area contributed by atoms with Crippen LogP contribution in [0.2, 0.25) is 0 Å². The minimum absolute atomic E-state index is 0.112. The number of esters is 1. The van der Waals surface area contributed by atoms with Crippen molar-refractivity contribution in [2.45, 2.75) is 13.1 Å². The zero-order chi connectivity index (χ0) is 26.7. The van der Waals surface area contributed by atoms with E-state index in [0.717, 1.165) is 13.3 Å². The van der Waals surface area contributed by atoms with E-state index in [1.54, 1.807) is 25.1 Å². The molecule has 0 spiro atoms. The van der Waals surface area contributed by atoms with Crippen LogP contribution >= 0.6 is 0 Å². The van der Waals surface area contributed by atoms with Crippen LogP contribution in [0.1, 0.15) is 27.8 Å². The van der Waals surface area contributed by atoms with Crippen molar-refractivity contribution in [3.8, 4) is 5.88 Å². The number of nitrogens with zero attached hydrogens (tertiary/aromatic N) is 2. The third kappa shape index (κ3) is 7.82. The highest BCUT2D eigenvalue weighted by atomic mass is 19.4. The number of pyridine rings is 1. The van der Waals surface area contributed by atoms with Crippen LogP contribution in [0.25, 0.3) is 0 Å². The van der Waals surface area contributed by atoms with Crippen molar-refractivity contribution in [2.75, 3.05) is 26.8 Å². The van der Waals surface area contributed by atoms with Gasteiger partial charge in [-0.3, -0.25) is 14.6 Å². The molecule has 36 heavy (non-hydrogen) atoms. The highest BCUT2D eigenvalue weighted by Gasteiger charge is 2.35. The largest absolute Gasteiger partial charge is 0.478 e. The summed E-state index contributed by atoms with van der Waals surface area (Å²) >= 11 is 0. The highest BCUT2D eigenvalue weighted by Crippen LogP contribution is 2.24. The molecule has 0 atom stereocenters. The third-order valence-electron chi connectivity index (χ3n) is 4.42. The van der Waals surface area contributed by atoms with Crippen molar-refractivity contribution < 1.29 is 37.0 Å². The lowest BCUT2D eigenvalue weighted by Crippen LogP contribution is -2.37. The number of amides is 2. The zero-order valence-electron chi connectivity index (χ0n) is 19.4. The van der Waals surface area contributed by atoms with Gasteiger partial charge in [-0.05, 0) is 25.1 Å². The zero-order valence-corrected chi connectivity index (χ0v) is 19.4. The molecule has 10 nitrogen and oxygen atoms in total. The first kappa shape index (κ1) is 27.8. The second-order valence-electron chi connectivity index (χ2n) is 6.90. The van der Waals surface area contributed by atoms with Gasteiger partial charge >= 0.3 is 12.1 Å². The smallest absolute Gasteiger partial charge is 0.431 e. The molecule has 2 amide bonds. The molecule has 0 radical (unpaired) electrons. The number of alkyl halides is 3. The summed E-state index contributed by atoms with van der Waals surface area (Å²) in [5.41, 5.74) is 2.56. The molecule has 0 fully saturated rings. The summed E-state index contributed by atoms with van der Waals surface area (Å²) in [7, 11) is 1.12. The Kier molecular flexibility index (Phi) is 9.95. The number of hydrogen-bond donors (Lipinski definition) is 3. The van der Waals surface area contributed by atoms with Gasteiger partial charge in [-0.1, -0.05) is 18.2 Å². The Labute approximate surface area is 204 Å². The number of carbonyl (C=O) groups is 3. The number of aliphatic imine (C=N–C) groups is 1. The summed E-state index contributed by atoms with van der Waals surface area (Å²) < 4.78 is 49.3. The molecule has 4 N–H and O–H groups in total. The van der Waals surface area contributed by atoms with Gasteiger partial charge in [0, 0.05) is 25.4 Å². The van der Waals surface area contributed by atoms with E-state index in [1.165, 1.54) is 24.3 Å². The van der Waals surface area contributed by atoms with Gasteiger partial charge in [0.2, 0.25) is 5.88 Å². The fourth-order valence-electron chi connectivity index (χ4n) is 2.70. The van der Waals surface area contributed by atoms with E-state index >= 15 is 0 Å². The molecule has 0 unspecified atom stereocenters. The number of allylic oxidation sites excluding steroid dienone is 1. The average Bonchev–Trinajstić information content (AvgIpc) is 2.86. The van der Waals surface area contributed by atoms with Crippen molar-refractivity contribution in [1.82, 2.24) is 15.6 Å². The van der Waals surface area contributed by atoms with Gasteiger partial charge in [0.25, 0.3) is 11.8 Å². The highest BCUT2D eigenvalue weighted by molar-refractivity contribution is 6.13. The number of nitrogens with two attached hydrogens (primary N) is 1. The van der Waals surface area contributed by atoms with E-state index in [1.807, 2.05) is 0 Å². The van der Waals surface area contributed by atoms with Crippen LogP contribution in [0.3, 0.4) is 0 Å². The lowest BCUT2D eigenvalue weighted by atomic mass is 10.1. The maximum Gasteiger partial charge on any atom is 0.431 e. The lowest BCUT2D eigenvalue weighted by Gasteiger charge is -2.13. The van der Waals surface area contributed by atoms with Crippen LogP contribution in [0, 0.1) is 0 Å². The first-order chi connectivity index (χ1) is 17.1. The lowest BCUT2D eigenvalue weighted by molar-refractivity contribution is -0.118. The van der Waals surface area contributed by atoms with Gasteiger partial charge in [-0.25, -0.2) is 9.78 Å². The molecule has 0 aliphatic rings. The maximum atomic E-state index is 13.1. The third-order valence-corrected chi connectivity index (χ3v) is 4.42. The summed E-state index contributed by atoms with van der Waals surface area (Å²) in [5, 5.41) is 4.68. The average molecular weight is 507 g/mol. The topological polar surface area (TPSA) is 145 Å². The van der Waals surface area contributed by atoms with Crippen LogP contribution in [-0.4, -0.2) is 62.0 Å². The number of aromatic nitrogens is 1. The number of methoxy groups -OCH3 is 1. The molecule has 13 heteroatoms. The molecule has 0 aliphatic heterocycles. The second-order valence-corrected chi connectivity index (χ2v) is 6.90. The number of ether oxygens (including phenoxy) is 2. The summed E-state index contributed by atoms with van der Waals surface area (Å²) in [5.74, 6) is -2.63. The Bertz CT molecular complexity index is 1150. The summed E-state index contributed by atoms with van der Waals surface area (Å²) in [6, 6.07) is 10.7. The van der Waals surface area contributed by atoms with Crippen LogP contribution in [0.4, 0.5) is 18.9 Å². The molecule has 1 heterocycles. The number of carbonyl (C=O) groups excluding carboxylic acids is 3. The Morgan fingerprint density at radius 2 is 1.75 bits per heavy atom. The van der Waals surface area contributed by atoms with Crippen molar-refractivity contribution in [3.63, 3.8) is 0 Å². The Morgan fingerprint density at radius 3 is 2.36 bits per heavy atom. The van der Waals surface area contributed by atoms with E-state index in [9.17, 15) is 27.6 Å². The van der Waals surface area contributed by atoms with Crippen LogP contribution in [-0.2, 0) is 9.53 Å². The van der Waals surface area contributed by atoms with Crippen LogP contribution < -0.4 is 21.1 Å². The predicted molar refractivity (Wildman–Crippen MR) is 124 cm³/mol. The molecule has 1 aromatic carbocycles. The summed E-state index contributed by atoms with van der Waals surface area (Å²) in [4.78, 5) is 44.7. The molecular formula is C23H24F3N5O5. The quantitative estimate of drug-likeness (QED) is 0.194. The Morgan fingerprint density at radius 1 is 1.08 bits per heavy atom. The van der Waals surface area contributed by atoms with E-state index in [0.29, 0.717) is 5.69 Å². The predicted octanol–water partition coefficient (Wildman–Crippen LogP) is 2.29. The number of para-hydroxylation sites is 1. The number of nitrogens with one attached hydrogen (secondary N) is 2. The molecule has 0 saturated heterocycles. The SMILES string of the molecule is CCOc1ccc(C(=O)NCCNC(=O)C(C=Nc2ccccc2)=C(N)C(F)(F)F)c(C(=O)OC)n1. The molecular weight excluding hydrogens is 483 g/mol. The van der Waals surface area contributed by atoms with Gasteiger partial charge in [-0.2, -0.15) is 13.2 Å². The first-order valence-corrected chi connectivity index (χ1v) is 10.5. The van der Waals surface area contributed by atoms with Crippen LogP contribution in [0.15, 0.2) is 58.7 Å². The number of rotatable bonds is 10. The minimum Gasteiger partial charge on any atom is -0.478 e. The van der Waals surface area contributed by atoms with Gasteiger partial charge in [0.15, 0.2) is 5.69 Å². The molecule has 2 rings (SSSR count). The molecule has 2 aromatic rings. The monoisotopic (exact) mass is 507 g/mol. The first-order valence-electron chi connectivity index (χ1n) is 10.5. The number of hydrogen-bond acceptors (Lipinski definition) is 8. The Balaban J connectivity index is 2.07. The standard InChI is InChI=1S/C23H24F3N5O5/c1-3-36-17-10-9-15(18(31-17)22(34)35-2)20(32)28-11-12-29-21(33)16(19(27)23(24,25)26)13-30-14-7-5-4-6-8-14/h4-10,13H,3,11-12,27H2,1-2H3,(H,28,32)(H,29,33). The van der Waals surface area contributed by atoms with Crippen molar-refractivity contribution in [3.05, 3.63) is 65.0 Å². The second kappa shape index (κ2) is 12.9. The van der Waals surface area contributed by atoms with E-state index in [2.05, 4.69) is 25.3 Å². The summed E-state index contributed by atoms with van der Waals surface area (Å²) in [6.45, 7) is 1.55. The fraction of sp³-hybridized carbons (Fsp3) is 0.261. The molecule has 0 saturated carbocycles. The van der Waals surface area contributed by atoms with Gasteiger partial charge in [-0.15, -0.1) is 0 Å². The molecule has 192 valence electrons. The van der Waals surface area contributed by atoms with E-state index < -0.39 is 35.2 Å². The van der Waals surface area contributed by atoms with E-state index in [4.69, 9.17) is 10.5 Å². The van der Waals surface area contributed by atoms with Crippen molar-refractivity contribution in [1.29, 1.82) is 0 Å². The van der Waals surface area contributed by atoms with Gasteiger partial charge < -0.3 is 25.8 Å². The van der Waals surface area contributed by atoms with Crippen molar-refractivity contribution >= 4 is 29.7 Å². The fourth-order valence-corrected chi connectivity index (χ4v) is 2.70. The molecule has 0 bridgehead atoms. The number of benzene rings is 1. The van der Waals surface area contributed by atoms with Gasteiger partial charge in [0.05, 0.1) is 30.5 Å². The Hall–Kier alpha value is -4.42. The van der Waals surface area contributed by atoms with Crippen LogP contribution in [0.5, 0.6) is 5.88 Å².